The molecule has 3 heteroatoms. The second-order valence-corrected chi connectivity index (χ2v) is 4.15. The van der Waals surface area contributed by atoms with Crippen molar-refractivity contribution in [3.05, 3.63) is 35.9 Å². The zero-order chi connectivity index (χ0) is 12.0. The van der Waals surface area contributed by atoms with Gasteiger partial charge in [-0.3, -0.25) is 0 Å². The van der Waals surface area contributed by atoms with E-state index in [4.69, 9.17) is 5.11 Å². The third kappa shape index (κ3) is 3.59. The van der Waals surface area contributed by atoms with Crippen molar-refractivity contribution < 1.29 is 10.2 Å². The average Bonchev–Trinajstić information content (AvgIpc) is 2.35. The van der Waals surface area contributed by atoms with E-state index in [-0.39, 0.29) is 12.6 Å². The van der Waals surface area contributed by atoms with Crippen molar-refractivity contribution in [1.29, 1.82) is 0 Å². The van der Waals surface area contributed by atoms with Crippen molar-refractivity contribution in [2.45, 2.75) is 25.5 Å². The number of hydrogen-bond donors (Lipinski definition) is 2. The van der Waals surface area contributed by atoms with Crippen LogP contribution in [-0.2, 0) is 0 Å². The number of rotatable bonds is 6. The van der Waals surface area contributed by atoms with Gasteiger partial charge in [-0.2, -0.15) is 0 Å². The van der Waals surface area contributed by atoms with Crippen LogP contribution in [0.5, 0.6) is 0 Å². The number of nitrogens with zero attached hydrogens (tertiary/aromatic N) is 1. The largest absolute Gasteiger partial charge is 0.396 e. The summed E-state index contributed by atoms with van der Waals surface area (Å²) in [6.45, 7) is 2.98. The molecule has 16 heavy (non-hydrogen) atoms. The van der Waals surface area contributed by atoms with Crippen LogP contribution in [0.4, 0.5) is 0 Å². The van der Waals surface area contributed by atoms with Gasteiger partial charge in [-0.15, -0.1) is 0 Å². The van der Waals surface area contributed by atoms with Crippen LogP contribution >= 0.6 is 0 Å². The van der Waals surface area contributed by atoms with E-state index in [0.29, 0.717) is 0 Å². The number of aliphatic hydroxyl groups excluding tert-OH is 2. The van der Waals surface area contributed by atoms with Gasteiger partial charge in [-0.25, -0.2) is 0 Å². The van der Waals surface area contributed by atoms with E-state index in [1.165, 1.54) is 0 Å². The summed E-state index contributed by atoms with van der Waals surface area (Å²) >= 11 is 0. The number of hydrogen-bond acceptors (Lipinski definition) is 3. The van der Waals surface area contributed by atoms with Crippen molar-refractivity contribution in [3.63, 3.8) is 0 Å². The van der Waals surface area contributed by atoms with Gasteiger partial charge in [0.05, 0.1) is 6.10 Å². The molecule has 0 bridgehead atoms. The minimum absolute atomic E-state index is 0.0500. The molecule has 3 nitrogen and oxygen atoms in total. The first kappa shape index (κ1) is 13.2. The van der Waals surface area contributed by atoms with E-state index in [0.717, 1.165) is 18.5 Å². The van der Waals surface area contributed by atoms with Crippen LogP contribution in [-0.4, -0.2) is 41.4 Å². The fourth-order valence-corrected chi connectivity index (χ4v) is 1.69. The molecular formula is C13H21NO2. The summed E-state index contributed by atoms with van der Waals surface area (Å²) in [5.41, 5.74) is 0.936. The summed E-state index contributed by atoms with van der Waals surface area (Å²) in [6, 6.07) is 9.71. The topological polar surface area (TPSA) is 43.7 Å². The first-order chi connectivity index (χ1) is 7.66. The molecule has 2 atom stereocenters. The Morgan fingerprint density at radius 1 is 1.25 bits per heavy atom. The van der Waals surface area contributed by atoms with E-state index in [1.807, 2.05) is 44.3 Å². The molecule has 0 amide bonds. The Hall–Kier alpha value is -0.900. The predicted octanol–water partition coefficient (Wildman–Crippen LogP) is 1.42. The van der Waals surface area contributed by atoms with Gasteiger partial charge < -0.3 is 15.1 Å². The van der Waals surface area contributed by atoms with Crippen LogP contribution in [0.15, 0.2) is 30.3 Å². The lowest BCUT2D eigenvalue weighted by molar-refractivity contribution is 0.0691. The highest BCUT2D eigenvalue weighted by atomic mass is 16.3. The highest BCUT2D eigenvalue weighted by molar-refractivity contribution is 5.18. The van der Waals surface area contributed by atoms with Crippen LogP contribution in [0.3, 0.4) is 0 Å². The average molecular weight is 223 g/mol. The van der Waals surface area contributed by atoms with Gasteiger partial charge >= 0.3 is 0 Å². The lowest BCUT2D eigenvalue weighted by atomic mass is 10.0. The van der Waals surface area contributed by atoms with Crippen LogP contribution in [0.25, 0.3) is 0 Å². The minimum Gasteiger partial charge on any atom is -0.396 e. The van der Waals surface area contributed by atoms with Gasteiger partial charge in [0.15, 0.2) is 0 Å². The molecule has 0 unspecified atom stereocenters. The van der Waals surface area contributed by atoms with Crippen LogP contribution < -0.4 is 0 Å². The first-order valence-corrected chi connectivity index (χ1v) is 5.71. The molecule has 0 spiro atoms. The van der Waals surface area contributed by atoms with Crippen LogP contribution in [0, 0.1) is 0 Å². The quantitative estimate of drug-likeness (QED) is 0.766. The number of likely N-dealkylation sites (N-methyl/N-ethyl adjacent to an activating group) is 1. The van der Waals surface area contributed by atoms with Gasteiger partial charge in [0.2, 0.25) is 0 Å². The molecular weight excluding hydrogens is 202 g/mol. The maximum Gasteiger partial charge on any atom is 0.0942 e. The number of aliphatic hydroxyl groups is 2. The molecule has 1 aromatic carbocycles. The normalized spacial score (nSPS) is 15.1. The van der Waals surface area contributed by atoms with Gasteiger partial charge in [0.1, 0.15) is 0 Å². The monoisotopic (exact) mass is 223 g/mol. The molecule has 0 heterocycles. The molecule has 0 saturated heterocycles. The molecule has 0 aliphatic rings. The molecule has 0 saturated carbocycles. The molecule has 0 aliphatic heterocycles. The van der Waals surface area contributed by atoms with E-state index in [9.17, 15) is 5.11 Å². The predicted molar refractivity (Wildman–Crippen MR) is 65.2 cm³/mol. The highest BCUT2D eigenvalue weighted by Crippen LogP contribution is 2.19. The van der Waals surface area contributed by atoms with E-state index in [2.05, 4.69) is 4.90 Å². The Bertz CT molecular complexity index is 289. The maximum atomic E-state index is 10.2. The summed E-state index contributed by atoms with van der Waals surface area (Å²) in [7, 11) is 1.96. The molecule has 2 N–H and O–H groups in total. The summed E-state index contributed by atoms with van der Waals surface area (Å²) < 4.78 is 0. The smallest absolute Gasteiger partial charge is 0.0942 e. The molecule has 0 aliphatic carbocycles. The van der Waals surface area contributed by atoms with Crippen molar-refractivity contribution in [1.82, 2.24) is 4.90 Å². The Balaban J connectivity index is 2.56. The third-order valence-corrected chi connectivity index (χ3v) is 2.96. The van der Waals surface area contributed by atoms with Gasteiger partial charge in [0.25, 0.3) is 0 Å². The van der Waals surface area contributed by atoms with E-state index in [1.54, 1.807) is 0 Å². The first-order valence-electron chi connectivity index (χ1n) is 5.71. The molecule has 0 aromatic heterocycles. The highest BCUT2D eigenvalue weighted by Gasteiger charge is 2.19. The summed E-state index contributed by atoms with van der Waals surface area (Å²) in [6.07, 6.45) is 0.257. The summed E-state index contributed by atoms with van der Waals surface area (Å²) in [5.74, 6) is 0. The van der Waals surface area contributed by atoms with Crippen LogP contribution in [0.1, 0.15) is 25.0 Å². The fourth-order valence-electron chi connectivity index (χ4n) is 1.69. The molecule has 1 rings (SSSR count). The molecule has 0 radical (unpaired) electrons. The Labute approximate surface area is 97.3 Å². The van der Waals surface area contributed by atoms with Gasteiger partial charge in [-0.1, -0.05) is 30.3 Å². The van der Waals surface area contributed by atoms with Gasteiger partial charge in [-0.05, 0) is 26.0 Å². The zero-order valence-corrected chi connectivity index (χ0v) is 10.0. The summed E-state index contributed by atoms with van der Waals surface area (Å²) in [5, 5.41) is 18.9. The minimum atomic E-state index is -0.482. The SMILES string of the molecule is C[C@@H]([C@H](O)c1ccccc1)N(C)CCCO. The molecule has 1 aromatic rings. The van der Waals surface area contributed by atoms with Crippen molar-refractivity contribution >= 4 is 0 Å². The standard InChI is InChI=1S/C13H21NO2/c1-11(14(2)9-6-10-15)13(16)12-7-4-3-5-8-12/h3-5,7-8,11,13,15-16H,6,9-10H2,1-2H3/t11-,13-/m0/s1. The number of benzene rings is 1. The summed E-state index contributed by atoms with van der Waals surface area (Å²) in [4.78, 5) is 2.06. The Kier molecular flexibility index (Phi) is 5.46. The third-order valence-electron chi connectivity index (χ3n) is 2.96. The maximum absolute atomic E-state index is 10.2. The molecule has 0 fully saturated rings. The van der Waals surface area contributed by atoms with Crippen molar-refractivity contribution in [2.24, 2.45) is 0 Å². The second-order valence-electron chi connectivity index (χ2n) is 4.15. The van der Waals surface area contributed by atoms with E-state index < -0.39 is 6.10 Å². The Morgan fingerprint density at radius 3 is 2.44 bits per heavy atom. The zero-order valence-electron chi connectivity index (χ0n) is 10.0. The lowest BCUT2D eigenvalue weighted by Gasteiger charge is -2.28. The van der Waals surface area contributed by atoms with Gasteiger partial charge in [0, 0.05) is 19.2 Å². The van der Waals surface area contributed by atoms with E-state index >= 15 is 0 Å². The fraction of sp³-hybridized carbons (Fsp3) is 0.538. The second kappa shape index (κ2) is 6.63. The van der Waals surface area contributed by atoms with Crippen molar-refractivity contribution in [2.75, 3.05) is 20.2 Å². The lowest BCUT2D eigenvalue weighted by Crippen LogP contribution is -2.35. The molecule has 90 valence electrons. The Morgan fingerprint density at radius 2 is 1.88 bits per heavy atom. The van der Waals surface area contributed by atoms with Crippen LogP contribution in [0.2, 0.25) is 0 Å². The van der Waals surface area contributed by atoms with Crippen molar-refractivity contribution in [3.8, 4) is 0 Å².